The number of carboxylic acids is 1. The van der Waals surface area contributed by atoms with Crippen molar-refractivity contribution in [2.45, 2.75) is 5.60 Å². The van der Waals surface area contributed by atoms with E-state index in [9.17, 15) is 9.90 Å². The molecule has 0 spiro atoms. The van der Waals surface area contributed by atoms with Crippen LogP contribution in [0.4, 0.5) is 0 Å². The number of halogens is 2. The van der Waals surface area contributed by atoms with Crippen LogP contribution in [0.5, 0.6) is 0 Å². The largest absolute Gasteiger partial charge is 0.479 e. The summed E-state index contributed by atoms with van der Waals surface area (Å²) in [5, 5.41) is 9.68. The van der Waals surface area contributed by atoms with Crippen molar-refractivity contribution < 1.29 is 13.7 Å². The van der Waals surface area contributed by atoms with Crippen molar-refractivity contribution in [3.8, 4) is 0 Å². The van der Waals surface area contributed by atoms with Gasteiger partial charge in [-0.15, -0.1) is 0 Å². The van der Waals surface area contributed by atoms with Gasteiger partial charge in [0.15, 0.2) is 0 Å². The van der Waals surface area contributed by atoms with Gasteiger partial charge in [0.1, 0.15) is 16.3 Å². The second-order valence-electron chi connectivity index (χ2n) is 3.91. The molecule has 0 amide bonds. The maximum absolute atomic E-state index is 11.8. The molecular formula is C14H10Br2O3. The zero-order valence-electron chi connectivity index (χ0n) is 9.72. The predicted molar refractivity (Wildman–Crippen MR) is 79.0 cm³/mol. The lowest BCUT2D eigenvalue weighted by Gasteiger charge is -2.28. The first-order valence-electron chi connectivity index (χ1n) is 5.46. The third-order valence-corrected chi connectivity index (χ3v) is 4.03. The van der Waals surface area contributed by atoms with Crippen molar-refractivity contribution in [1.29, 1.82) is 0 Å². The SMILES string of the molecule is O=C(O)C(OBr)(c1ccccc1)c1ccccc1Br. The molecule has 0 fully saturated rings. The van der Waals surface area contributed by atoms with E-state index in [4.69, 9.17) is 3.83 Å². The van der Waals surface area contributed by atoms with Gasteiger partial charge in [0, 0.05) is 15.6 Å². The van der Waals surface area contributed by atoms with Gasteiger partial charge in [0.25, 0.3) is 0 Å². The lowest BCUT2D eigenvalue weighted by molar-refractivity contribution is -0.150. The van der Waals surface area contributed by atoms with Crippen LogP contribution in [0.3, 0.4) is 0 Å². The Morgan fingerprint density at radius 2 is 1.63 bits per heavy atom. The first-order chi connectivity index (χ1) is 9.13. The Morgan fingerprint density at radius 3 is 2.16 bits per heavy atom. The van der Waals surface area contributed by atoms with Gasteiger partial charge in [-0.25, -0.2) is 4.79 Å². The molecule has 0 aliphatic carbocycles. The van der Waals surface area contributed by atoms with Gasteiger partial charge in [-0.2, -0.15) is 0 Å². The normalized spacial score (nSPS) is 13.8. The summed E-state index contributed by atoms with van der Waals surface area (Å²) < 4.78 is 5.90. The van der Waals surface area contributed by atoms with Crippen molar-refractivity contribution in [2.75, 3.05) is 0 Å². The van der Waals surface area contributed by atoms with E-state index in [1.807, 2.05) is 12.1 Å². The van der Waals surface area contributed by atoms with Gasteiger partial charge in [0.2, 0.25) is 5.60 Å². The summed E-state index contributed by atoms with van der Waals surface area (Å²) in [6.45, 7) is 0. The molecule has 0 aliphatic rings. The fourth-order valence-corrected chi connectivity index (χ4v) is 3.00. The molecule has 19 heavy (non-hydrogen) atoms. The zero-order chi connectivity index (χ0) is 13.9. The highest BCUT2D eigenvalue weighted by Gasteiger charge is 2.45. The standard InChI is InChI=1S/C14H10Br2O3/c15-12-9-5-4-8-11(12)14(19-16,13(17)18)10-6-2-1-3-7-10/h1-9H,(H,17,18). The van der Waals surface area contributed by atoms with Crippen molar-refractivity contribution in [1.82, 2.24) is 0 Å². The molecule has 5 heteroatoms. The van der Waals surface area contributed by atoms with E-state index in [-0.39, 0.29) is 0 Å². The molecule has 3 nitrogen and oxygen atoms in total. The first-order valence-corrected chi connectivity index (χ1v) is 6.90. The molecule has 1 unspecified atom stereocenters. The number of aliphatic carboxylic acids is 1. The van der Waals surface area contributed by atoms with Crippen LogP contribution in [0.1, 0.15) is 11.1 Å². The number of rotatable bonds is 4. The van der Waals surface area contributed by atoms with E-state index >= 15 is 0 Å². The summed E-state index contributed by atoms with van der Waals surface area (Å²) in [4.78, 5) is 11.8. The summed E-state index contributed by atoms with van der Waals surface area (Å²) in [5.74, 6) is -1.09. The highest BCUT2D eigenvalue weighted by molar-refractivity contribution is 9.10. The molecule has 2 aromatic carbocycles. The van der Waals surface area contributed by atoms with Gasteiger partial charge in [-0.3, -0.25) is 3.83 Å². The molecule has 0 saturated heterocycles. The van der Waals surface area contributed by atoms with Gasteiger partial charge >= 0.3 is 5.97 Å². The Bertz CT molecular complexity index is 586. The van der Waals surface area contributed by atoms with Crippen LogP contribution in [0.2, 0.25) is 0 Å². The van der Waals surface area contributed by atoms with E-state index in [1.165, 1.54) is 0 Å². The Balaban J connectivity index is 2.73. The van der Waals surface area contributed by atoms with Crippen molar-refractivity contribution >= 4 is 38.2 Å². The molecule has 2 aromatic rings. The molecule has 0 bridgehead atoms. The topological polar surface area (TPSA) is 46.5 Å². The second-order valence-corrected chi connectivity index (χ2v) is 5.09. The molecule has 0 saturated carbocycles. The van der Waals surface area contributed by atoms with Crippen LogP contribution >= 0.6 is 32.2 Å². The first kappa shape index (κ1) is 14.2. The fourth-order valence-electron chi connectivity index (χ4n) is 1.93. The maximum atomic E-state index is 11.8. The Labute approximate surface area is 127 Å². The minimum absolute atomic E-state index is 0.519. The molecule has 0 aliphatic heterocycles. The van der Waals surface area contributed by atoms with Gasteiger partial charge in [-0.1, -0.05) is 64.5 Å². The highest BCUT2D eigenvalue weighted by atomic mass is 79.9. The second kappa shape index (κ2) is 5.86. The van der Waals surface area contributed by atoms with Crippen LogP contribution in [0.15, 0.2) is 59.1 Å². The zero-order valence-corrected chi connectivity index (χ0v) is 12.9. The van der Waals surface area contributed by atoms with Crippen LogP contribution in [-0.2, 0) is 14.2 Å². The summed E-state index contributed by atoms with van der Waals surface area (Å²) in [6.07, 6.45) is 0. The summed E-state index contributed by atoms with van der Waals surface area (Å²) in [5.41, 5.74) is -0.543. The van der Waals surface area contributed by atoms with E-state index in [0.29, 0.717) is 15.6 Å². The van der Waals surface area contributed by atoms with Gasteiger partial charge < -0.3 is 5.11 Å². The summed E-state index contributed by atoms with van der Waals surface area (Å²) in [7, 11) is 0. The van der Waals surface area contributed by atoms with Crippen LogP contribution in [-0.4, -0.2) is 11.1 Å². The number of carbonyl (C=O) groups is 1. The van der Waals surface area contributed by atoms with Gasteiger partial charge in [0.05, 0.1) is 0 Å². The molecule has 2 rings (SSSR count). The minimum atomic E-state index is -1.60. The van der Waals surface area contributed by atoms with Crippen LogP contribution in [0.25, 0.3) is 0 Å². The highest BCUT2D eigenvalue weighted by Crippen LogP contribution is 2.39. The molecule has 0 heterocycles. The van der Waals surface area contributed by atoms with E-state index in [2.05, 4.69) is 32.2 Å². The fraction of sp³-hybridized carbons (Fsp3) is 0.0714. The third-order valence-electron chi connectivity index (χ3n) is 2.85. The molecule has 0 radical (unpaired) electrons. The monoisotopic (exact) mass is 384 g/mol. The van der Waals surface area contributed by atoms with Crippen molar-refractivity contribution in [3.63, 3.8) is 0 Å². The van der Waals surface area contributed by atoms with E-state index in [0.717, 1.165) is 0 Å². The maximum Gasteiger partial charge on any atom is 0.346 e. The molecule has 1 N–H and O–H groups in total. The summed E-state index contributed by atoms with van der Waals surface area (Å²) in [6, 6.07) is 15.9. The molecule has 1 atom stereocenters. The average molecular weight is 386 g/mol. The lowest BCUT2D eigenvalue weighted by atomic mass is 9.86. The lowest BCUT2D eigenvalue weighted by Crippen LogP contribution is -2.37. The van der Waals surface area contributed by atoms with Crippen LogP contribution < -0.4 is 0 Å². The quantitative estimate of drug-likeness (QED) is 0.861. The Kier molecular flexibility index (Phi) is 4.39. The number of carboxylic acid groups (broad SMARTS) is 1. The minimum Gasteiger partial charge on any atom is -0.479 e. The average Bonchev–Trinajstić information content (AvgIpc) is 2.43. The van der Waals surface area contributed by atoms with E-state index in [1.54, 1.807) is 42.5 Å². The smallest absolute Gasteiger partial charge is 0.346 e. The Morgan fingerprint density at radius 1 is 1.05 bits per heavy atom. The van der Waals surface area contributed by atoms with Crippen molar-refractivity contribution in [2.24, 2.45) is 0 Å². The molecule has 0 aromatic heterocycles. The van der Waals surface area contributed by atoms with Crippen molar-refractivity contribution in [3.05, 3.63) is 70.2 Å². The molecule has 98 valence electrons. The van der Waals surface area contributed by atoms with Gasteiger partial charge in [-0.05, 0) is 6.07 Å². The molecular weight excluding hydrogens is 376 g/mol. The Hall–Kier alpha value is -1.17. The van der Waals surface area contributed by atoms with E-state index < -0.39 is 11.6 Å². The number of hydrogen-bond donors (Lipinski definition) is 1. The number of benzene rings is 2. The number of hydrogen-bond acceptors (Lipinski definition) is 2. The van der Waals surface area contributed by atoms with Crippen LogP contribution in [0, 0.1) is 0 Å². The predicted octanol–water partition coefficient (Wildman–Crippen LogP) is 4.10. The summed E-state index contributed by atoms with van der Waals surface area (Å²) >= 11 is 6.25. The third kappa shape index (κ3) is 2.45.